The molecule has 0 saturated heterocycles. The molecule has 0 aromatic heterocycles. The quantitative estimate of drug-likeness (QED) is 0.0780. The van der Waals surface area contributed by atoms with E-state index in [2.05, 4.69) is 134 Å². The Kier molecular flexibility index (Phi) is 25.6. The van der Waals surface area contributed by atoms with E-state index in [1.54, 1.807) is 14.2 Å². The van der Waals surface area contributed by atoms with E-state index in [-0.39, 0.29) is 18.6 Å². The van der Waals surface area contributed by atoms with E-state index in [0.717, 1.165) is 46.6 Å². The zero-order valence-electron chi connectivity index (χ0n) is 45.2. The lowest BCUT2D eigenvalue weighted by Gasteiger charge is -2.25. The highest BCUT2D eigenvalue weighted by atomic mass is 16.5. The number of fused-ring (bicyclic) bond motifs is 3. The molecule has 1 aliphatic carbocycles. The number of hydrogen-bond donors (Lipinski definition) is 2. The van der Waals surface area contributed by atoms with Gasteiger partial charge in [-0.1, -0.05) is 213 Å². The average Bonchev–Trinajstić information content (AvgIpc) is 3.79. The monoisotopic (exact) mass is 985 g/mol. The van der Waals surface area contributed by atoms with E-state index in [4.69, 9.17) is 18.9 Å². The van der Waals surface area contributed by atoms with Crippen molar-refractivity contribution in [1.82, 2.24) is 10.6 Å². The first-order chi connectivity index (χ1) is 35.8. The summed E-state index contributed by atoms with van der Waals surface area (Å²) in [6.07, 6.45) is 1.69. The summed E-state index contributed by atoms with van der Waals surface area (Å²) in [5.41, 5.74) is 13.1. The number of ether oxygens (including phenoxy) is 4. The number of rotatable bonds is 19. The third-order valence-corrected chi connectivity index (χ3v) is 12.9. The van der Waals surface area contributed by atoms with Crippen molar-refractivity contribution in [2.75, 3.05) is 27.9 Å². The van der Waals surface area contributed by atoms with Crippen molar-refractivity contribution in [1.29, 1.82) is 0 Å². The minimum Gasteiger partial charge on any atom is -0.497 e. The van der Waals surface area contributed by atoms with Crippen molar-refractivity contribution in [2.45, 2.75) is 111 Å². The average molecular weight is 985 g/mol. The van der Waals surface area contributed by atoms with Gasteiger partial charge in [0.2, 0.25) is 0 Å². The summed E-state index contributed by atoms with van der Waals surface area (Å²) >= 11 is 0. The van der Waals surface area contributed by atoms with Crippen LogP contribution in [0, 0.1) is 0 Å². The summed E-state index contributed by atoms with van der Waals surface area (Å²) < 4.78 is 21.5. The van der Waals surface area contributed by atoms with Gasteiger partial charge in [-0.3, -0.25) is 4.79 Å². The van der Waals surface area contributed by atoms with Gasteiger partial charge in [-0.05, 0) is 105 Å². The predicted molar refractivity (Wildman–Crippen MR) is 302 cm³/mol. The lowest BCUT2D eigenvalue weighted by molar-refractivity contribution is -0.128. The minimum atomic E-state index is -0.444. The molecule has 8 rings (SSSR count). The molecular weight excluding hydrogens is 905 g/mol. The summed E-state index contributed by atoms with van der Waals surface area (Å²) in [7, 11) is 5.21. The Morgan fingerprint density at radius 2 is 1.07 bits per heavy atom. The Morgan fingerprint density at radius 1 is 0.575 bits per heavy atom. The number of amides is 1. The second-order valence-corrected chi connectivity index (χ2v) is 17.2. The fraction of sp³-hybridized carbons (Fsp3) is 0.323. The molecule has 0 radical (unpaired) electrons. The van der Waals surface area contributed by atoms with Gasteiger partial charge in [0.05, 0.1) is 20.3 Å². The van der Waals surface area contributed by atoms with E-state index in [0.29, 0.717) is 37.4 Å². The highest BCUT2D eigenvalue weighted by Gasteiger charge is 2.28. The van der Waals surface area contributed by atoms with Gasteiger partial charge in [0.15, 0.2) is 0 Å². The number of carbonyl (C=O) groups excluding carboxylic acids is 2. The standard InChI is InChI=1S/C44H50N2O4.C15H12O2.3C2H6/c1-31(35-12-8-6-9-13-35)26-39(27-32(2)36-14-10-7-11-15-36)37-20-16-33(17-21-37)29-46-44(47)50-30-34-18-22-38(23-19-34)43(45-3)41-25-24-40(48-4)28-42(41)49-5;16-10-17-9-15-13-7-3-1-5-11(13)12-6-2-4-8-14(12)15;3*1-2/h6-25,28,31-32,39,43,45H,26-27,29-30H2,1-5H3,(H,46,47);1-8,10,15H,9H2;3*1-2H3. The van der Waals surface area contributed by atoms with E-state index in [1.807, 2.05) is 115 Å². The van der Waals surface area contributed by atoms with Crippen LogP contribution in [0.5, 0.6) is 11.5 Å². The normalized spacial score (nSPS) is 12.5. The molecule has 1 amide bonds. The number of benzene rings is 7. The SMILES string of the molecule is CC.CC.CC.CNC(c1ccc(COC(=O)NCc2ccc(C(CC(C)c3ccccc3)CC(C)c3ccccc3)cc2)cc1)c1ccc(OC)cc1OC.O=COCC1c2ccccc2-c2ccccc21. The highest BCUT2D eigenvalue weighted by molar-refractivity contribution is 5.78. The smallest absolute Gasteiger partial charge is 0.407 e. The molecule has 0 spiro atoms. The molecule has 0 heterocycles. The summed E-state index contributed by atoms with van der Waals surface area (Å²) in [4.78, 5) is 23.0. The van der Waals surface area contributed by atoms with Gasteiger partial charge in [-0.2, -0.15) is 0 Å². The lowest BCUT2D eigenvalue weighted by Crippen LogP contribution is -2.23. The van der Waals surface area contributed by atoms with Gasteiger partial charge in [-0.25, -0.2) is 4.79 Å². The third-order valence-electron chi connectivity index (χ3n) is 12.9. The van der Waals surface area contributed by atoms with E-state index in [9.17, 15) is 9.59 Å². The summed E-state index contributed by atoms with van der Waals surface area (Å²) in [5, 5.41) is 6.28. The molecule has 0 saturated carbocycles. The van der Waals surface area contributed by atoms with Gasteiger partial charge < -0.3 is 29.6 Å². The molecule has 0 fully saturated rings. The van der Waals surface area contributed by atoms with Crippen LogP contribution >= 0.6 is 0 Å². The van der Waals surface area contributed by atoms with Crippen molar-refractivity contribution in [3.63, 3.8) is 0 Å². The van der Waals surface area contributed by atoms with Crippen LogP contribution in [0.3, 0.4) is 0 Å². The Labute approximate surface area is 437 Å². The maximum absolute atomic E-state index is 12.6. The number of alkyl carbamates (subject to hydrolysis) is 1. The summed E-state index contributed by atoms with van der Waals surface area (Å²) in [6.45, 7) is 18.2. The van der Waals surface area contributed by atoms with Crippen LogP contribution in [0.2, 0.25) is 0 Å². The minimum absolute atomic E-state index is 0.0738. The topological polar surface area (TPSA) is 95.1 Å². The molecular formula is C65H80N2O6. The highest BCUT2D eigenvalue weighted by Crippen LogP contribution is 2.44. The molecule has 1 aliphatic rings. The molecule has 8 heteroatoms. The number of methoxy groups -OCH3 is 2. The van der Waals surface area contributed by atoms with Crippen molar-refractivity contribution in [3.05, 3.63) is 226 Å². The first kappa shape index (κ1) is 58.4. The van der Waals surface area contributed by atoms with Crippen LogP contribution in [-0.2, 0) is 27.4 Å². The molecule has 0 bridgehead atoms. The summed E-state index contributed by atoms with van der Waals surface area (Å²) in [5.74, 6) is 2.95. The zero-order valence-corrected chi connectivity index (χ0v) is 45.2. The molecule has 3 unspecified atom stereocenters. The van der Waals surface area contributed by atoms with E-state index >= 15 is 0 Å². The number of carbonyl (C=O) groups is 2. The van der Waals surface area contributed by atoms with Gasteiger partial charge in [0.25, 0.3) is 6.47 Å². The van der Waals surface area contributed by atoms with Crippen LogP contribution < -0.4 is 20.1 Å². The Balaban J connectivity index is 0.000000415. The maximum atomic E-state index is 12.6. The predicted octanol–water partition coefficient (Wildman–Crippen LogP) is 16.0. The van der Waals surface area contributed by atoms with Crippen LogP contribution in [-0.4, -0.2) is 40.4 Å². The van der Waals surface area contributed by atoms with Gasteiger partial charge in [0, 0.05) is 24.1 Å². The fourth-order valence-electron chi connectivity index (χ4n) is 9.28. The second-order valence-electron chi connectivity index (χ2n) is 17.2. The van der Waals surface area contributed by atoms with Crippen LogP contribution in [0.25, 0.3) is 11.1 Å². The van der Waals surface area contributed by atoms with Crippen LogP contribution in [0.1, 0.15) is 148 Å². The van der Waals surface area contributed by atoms with Crippen LogP contribution in [0.4, 0.5) is 4.79 Å². The third kappa shape index (κ3) is 16.7. The maximum Gasteiger partial charge on any atom is 0.407 e. The molecule has 7 aromatic carbocycles. The molecule has 3 atom stereocenters. The van der Waals surface area contributed by atoms with Crippen LogP contribution in [0.15, 0.2) is 176 Å². The molecule has 8 nitrogen and oxygen atoms in total. The van der Waals surface area contributed by atoms with Gasteiger partial charge in [-0.15, -0.1) is 0 Å². The number of hydrogen-bond acceptors (Lipinski definition) is 7. The van der Waals surface area contributed by atoms with Crippen molar-refractivity contribution < 1.29 is 28.5 Å². The Morgan fingerprint density at radius 3 is 1.56 bits per heavy atom. The molecule has 2 N–H and O–H groups in total. The second kappa shape index (κ2) is 32.0. The lowest BCUT2D eigenvalue weighted by atomic mass is 9.79. The Hall–Kier alpha value is -7.16. The number of nitrogens with one attached hydrogen (secondary N) is 2. The molecule has 73 heavy (non-hydrogen) atoms. The summed E-state index contributed by atoms with van der Waals surface area (Å²) in [6, 6.07) is 60.6. The van der Waals surface area contributed by atoms with Crippen molar-refractivity contribution in [3.8, 4) is 22.6 Å². The van der Waals surface area contributed by atoms with Crippen molar-refractivity contribution in [2.24, 2.45) is 0 Å². The molecule has 0 aliphatic heterocycles. The first-order valence-electron chi connectivity index (χ1n) is 26.1. The van der Waals surface area contributed by atoms with E-state index < -0.39 is 6.09 Å². The first-order valence-corrected chi connectivity index (χ1v) is 26.1. The largest absolute Gasteiger partial charge is 0.497 e. The Bertz CT molecular complexity index is 2540. The molecule has 7 aromatic rings. The van der Waals surface area contributed by atoms with E-state index in [1.165, 1.54) is 38.9 Å². The fourth-order valence-corrected chi connectivity index (χ4v) is 9.28. The zero-order chi connectivity index (χ0) is 53.0. The van der Waals surface area contributed by atoms with Crippen molar-refractivity contribution >= 4 is 12.6 Å². The van der Waals surface area contributed by atoms with Gasteiger partial charge in [0.1, 0.15) is 24.7 Å². The van der Waals surface area contributed by atoms with Gasteiger partial charge >= 0.3 is 6.09 Å². The molecule has 386 valence electrons.